The first kappa shape index (κ1) is 21.1. The SMILES string of the molecule is N#Cc1ccc(S(=O)(=O)N2CCN(C(=O)/C=C/c3c(Cl)nc4ccccn34)CC2)cc1. The van der Waals surface area contributed by atoms with Crippen molar-refractivity contribution in [1.29, 1.82) is 5.26 Å². The number of rotatable bonds is 4. The number of halogens is 1. The predicted molar refractivity (Wildman–Crippen MR) is 116 cm³/mol. The first-order chi connectivity index (χ1) is 14.9. The molecule has 1 aliphatic heterocycles. The number of hydrogen-bond donors (Lipinski definition) is 0. The number of pyridine rings is 1. The lowest BCUT2D eigenvalue weighted by Crippen LogP contribution is -2.50. The van der Waals surface area contributed by atoms with Crippen LogP contribution in [-0.2, 0) is 14.8 Å². The molecule has 1 amide bonds. The van der Waals surface area contributed by atoms with Crippen molar-refractivity contribution in [1.82, 2.24) is 18.6 Å². The van der Waals surface area contributed by atoms with Crippen LogP contribution < -0.4 is 0 Å². The van der Waals surface area contributed by atoms with Gasteiger partial charge in [-0.25, -0.2) is 13.4 Å². The van der Waals surface area contributed by atoms with Gasteiger partial charge in [0, 0.05) is 38.5 Å². The summed E-state index contributed by atoms with van der Waals surface area (Å²) < 4.78 is 28.8. The van der Waals surface area contributed by atoms with Crippen molar-refractivity contribution in [3.05, 3.63) is 71.1 Å². The molecule has 0 atom stereocenters. The van der Waals surface area contributed by atoms with Gasteiger partial charge >= 0.3 is 0 Å². The van der Waals surface area contributed by atoms with Crippen LogP contribution in [0.4, 0.5) is 0 Å². The van der Waals surface area contributed by atoms with Crippen LogP contribution in [0, 0.1) is 11.3 Å². The number of benzene rings is 1. The maximum atomic E-state index is 12.8. The average Bonchev–Trinajstić information content (AvgIpc) is 3.12. The van der Waals surface area contributed by atoms with Crippen molar-refractivity contribution in [2.45, 2.75) is 4.90 Å². The quantitative estimate of drug-likeness (QED) is 0.562. The van der Waals surface area contributed by atoms with Crippen LogP contribution in [0.2, 0.25) is 5.15 Å². The maximum Gasteiger partial charge on any atom is 0.246 e. The first-order valence-electron chi connectivity index (χ1n) is 9.50. The Bertz CT molecular complexity index is 1300. The molecule has 1 aliphatic rings. The topological polar surface area (TPSA) is 98.8 Å². The van der Waals surface area contributed by atoms with E-state index in [0.717, 1.165) is 0 Å². The molecule has 8 nitrogen and oxygen atoms in total. The molecule has 31 heavy (non-hydrogen) atoms. The van der Waals surface area contributed by atoms with Crippen LogP contribution >= 0.6 is 11.6 Å². The van der Waals surface area contributed by atoms with E-state index in [-0.39, 0.29) is 37.0 Å². The highest BCUT2D eigenvalue weighted by molar-refractivity contribution is 7.89. The van der Waals surface area contributed by atoms with Crippen molar-refractivity contribution in [2.24, 2.45) is 0 Å². The summed E-state index contributed by atoms with van der Waals surface area (Å²) in [6.45, 7) is 0.940. The van der Waals surface area contributed by atoms with E-state index in [2.05, 4.69) is 4.98 Å². The highest BCUT2D eigenvalue weighted by Crippen LogP contribution is 2.20. The van der Waals surface area contributed by atoms with Crippen molar-refractivity contribution in [3.8, 4) is 6.07 Å². The Morgan fingerprint density at radius 3 is 2.48 bits per heavy atom. The number of piperazine rings is 1. The van der Waals surface area contributed by atoms with E-state index in [1.165, 1.54) is 34.6 Å². The summed E-state index contributed by atoms with van der Waals surface area (Å²) in [5, 5.41) is 9.17. The van der Waals surface area contributed by atoms with Gasteiger partial charge in [-0.2, -0.15) is 9.57 Å². The van der Waals surface area contributed by atoms with E-state index in [4.69, 9.17) is 16.9 Å². The van der Waals surface area contributed by atoms with Crippen molar-refractivity contribution in [3.63, 3.8) is 0 Å². The Morgan fingerprint density at radius 1 is 1.10 bits per heavy atom. The van der Waals surface area contributed by atoms with Gasteiger partial charge in [0.1, 0.15) is 5.65 Å². The molecule has 0 spiro atoms. The summed E-state index contributed by atoms with van der Waals surface area (Å²) in [5.74, 6) is -0.225. The van der Waals surface area contributed by atoms with Crippen molar-refractivity contribution < 1.29 is 13.2 Å². The van der Waals surface area contributed by atoms with Gasteiger partial charge in [0.05, 0.1) is 22.2 Å². The van der Waals surface area contributed by atoms with E-state index in [1.54, 1.807) is 15.4 Å². The summed E-state index contributed by atoms with van der Waals surface area (Å²) >= 11 is 6.18. The molecule has 2 aromatic heterocycles. The third-order valence-corrected chi connectivity index (χ3v) is 7.27. The maximum absolute atomic E-state index is 12.8. The van der Waals surface area contributed by atoms with Crippen LogP contribution in [0.1, 0.15) is 11.3 Å². The first-order valence-corrected chi connectivity index (χ1v) is 11.3. The standard InChI is InChI=1S/C21H18ClN5O3S/c22-21-18(27-10-2-1-3-19(27)24-21)8-9-20(28)25-11-13-26(14-12-25)31(29,30)17-6-4-16(15-23)5-7-17/h1-10H,11-14H2/b9-8+. The van der Waals surface area contributed by atoms with Gasteiger partial charge in [0.15, 0.2) is 5.15 Å². The molecular weight excluding hydrogens is 438 g/mol. The number of hydrogen-bond acceptors (Lipinski definition) is 5. The number of imidazole rings is 1. The second-order valence-corrected chi connectivity index (χ2v) is 9.21. The molecule has 1 fully saturated rings. The van der Waals surface area contributed by atoms with Gasteiger partial charge in [0.2, 0.25) is 15.9 Å². The van der Waals surface area contributed by atoms with E-state index < -0.39 is 10.0 Å². The molecule has 0 unspecified atom stereocenters. The molecule has 4 rings (SSSR count). The largest absolute Gasteiger partial charge is 0.337 e. The summed E-state index contributed by atoms with van der Waals surface area (Å²) in [5.41, 5.74) is 1.68. The molecule has 0 saturated carbocycles. The Kier molecular flexibility index (Phi) is 5.78. The smallest absolute Gasteiger partial charge is 0.246 e. The van der Waals surface area contributed by atoms with Crippen molar-refractivity contribution >= 4 is 39.3 Å². The van der Waals surface area contributed by atoms with E-state index in [0.29, 0.717) is 22.1 Å². The number of amides is 1. The van der Waals surface area contributed by atoms with Crippen LogP contribution in [0.25, 0.3) is 11.7 Å². The van der Waals surface area contributed by atoms with Crippen LogP contribution in [0.3, 0.4) is 0 Å². The van der Waals surface area contributed by atoms with Gasteiger partial charge in [-0.3, -0.25) is 9.20 Å². The zero-order valence-corrected chi connectivity index (χ0v) is 17.9. The molecule has 0 aliphatic carbocycles. The third kappa shape index (κ3) is 4.18. The number of nitriles is 1. The van der Waals surface area contributed by atoms with Gasteiger partial charge in [-0.1, -0.05) is 17.7 Å². The predicted octanol–water partition coefficient (Wildman–Crippen LogP) is 2.41. The third-order valence-electron chi connectivity index (χ3n) is 5.08. The molecule has 0 radical (unpaired) electrons. The minimum atomic E-state index is -3.67. The Hall–Kier alpha value is -3.19. The number of carbonyl (C=O) groups is 1. The fraction of sp³-hybridized carbons (Fsp3) is 0.190. The van der Waals surface area contributed by atoms with Crippen molar-refractivity contribution in [2.75, 3.05) is 26.2 Å². The molecule has 3 heterocycles. The Labute approximate surface area is 184 Å². The summed E-state index contributed by atoms with van der Waals surface area (Å²) in [6, 6.07) is 13.3. The molecule has 10 heteroatoms. The second-order valence-electron chi connectivity index (χ2n) is 6.92. The minimum absolute atomic E-state index is 0.133. The lowest BCUT2D eigenvalue weighted by molar-refractivity contribution is -0.127. The van der Waals surface area contributed by atoms with Gasteiger partial charge in [-0.15, -0.1) is 0 Å². The minimum Gasteiger partial charge on any atom is -0.337 e. The zero-order chi connectivity index (χ0) is 22.0. The second kappa shape index (κ2) is 8.51. The Balaban J connectivity index is 1.42. The Morgan fingerprint density at radius 2 is 1.81 bits per heavy atom. The fourth-order valence-electron chi connectivity index (χ4n) is 3.39. The summed E-state index contributed by atoms with van der Waals surface area (Å²) in [6.07, 6.45) is 4.85. The molecule has 3 aromatic rings. The highest BCUT2D eigenvalue weighted by atomic mass is 35.5. The summed E-state index contributed by atoms with van der Waals surface area (Å²) in [4.78, 5) is 18.6. The summed E-state index contributed by atoms with van der Waals surface area (Å²) in [7, 11) is -3.67. The number of carbonyl (C=O) groups excluding carboxylic acids is 1. The number of fused-ring (bicyclic) bond motifs is 1. The number of aromatic nitrogens is 2. The fourth-order valence-corrected chi connectivity index (χ4v) is 5.05. The zero-order valence-electron chi connectivity index (χ0n) is 16.3. The highest BCUT2D eigenvalue weighted by Gasteiger charge is 2.29. The molecule has 0 bridgehead atoms. The lowest BCUT2D eigenvalue weighted by Gasteiger charge is -2.33. The number of nitrogens with zero attached hydrogens (tertiary/aromatic N) is 5. The van der Waals surface area contributed by atoms with Gasteiger partial charge in [-0.05, 0) is 42.5 Å². The molecular formula is C21H18ClN5O3S. The lowest BCUT2D eigenvalue weighted by atomic mass is 10.2. The van der Waals surface area contributed by atoms with Gasteiger partial charge < -0.3 is 4.90 Å². The molecule has 158 valence electrons. The molecule has 1 aromatic carbocycles. The van der Waals surface area contributed by atoms with Gasteiger partial charge in [0.25, 0.3) is 0 Å². The monoisotopic (exact) mass is 455 g/mol. The van der Waals surface area contributed by atoms with E-state index in [9.17, 15) is 13.2 Å². The number of sulfonamides is 1. The van der Waals surface area contributed by atoms with Crippen LogP contribution in [0.15, 0.2) is 59.6 Å². The molecule has 1 saturated heterocycles. The van der Waals surface area contributed by atoms with E-state index >= 15 is 0 Å². The average molecular weight is 456 g/mol. The molecule has 0 N–H and O–H groups in total. The van der Waals surface area contributed by atoms with Crippen LogP contribution in [0.5, 0.6) is 0 Å². The van der Waals surface area contributed by atoms with Crippen LogP contribution in [-0.4, -0.2) is 59.1 Å². The van der Waals surface area contributed by atoms with E-state index in [1.807, 2.05) is 30.5 Å². The normalized spacial score (nSPS) is 15.4.